The standard InChI is InChI=1S/C24H30N2S/c1-3-5-7-8-10-20-13-17-22(18-14-20)24-26-25-23(27-24)21-15-11-19(12-16-21)9-6-4-2/h11-18H,3-10H2,1-2H3. The number of benzene rings is 2. The van der Waals surface area contributed by atoms with Crippen LogP contribution in [0.3, 0.4) is 0 Å². The summed E-state index contributed by atoms with van der Waals surface area (Å²) in [5, 5.41) is 10.8. The highest BCUT2D eigenvalue weighted by molar-refractivity contribution is 7.17. The van der Waals surface area contributed by atoms with Gasteiger partial charge >= 0.3 is 0 Å². The highest BCUT2D eigenvalue weighted by atomic mass is 32.1. The van der Waals surface area contributed by atoms with Crippen LogP contribution in [-0.2, 0) is 12.8 Å². The van der Waals surface area contributed by atoms with Crippen molar-refractivity contribution >= 4 is 11.3 Å². The Morgan fingerprint density at radius 1 is 0.593 bits per heavy atom. The molecule has 3 aromatic rings. The molecule has 0 N–H and O–H groups in total. The summed E-state index contributed by atoms with van der Waals surface area (Å²) >= 11 is 1.67. The van der Waals surface area contributed by atoms with Gasteiger partial charge in [-0.25, -0.2) is 0 Å². The largest absolute Gasteiger partial charge is 0.148 e. The summed E-state index contributed by atoms with van der Waals surface area (Å²) in [6, 6.07) is 17.7. The lowest BCUT2D eigenvalue weighted by molar-refractivity contribution is 0.667. The van der Waals surface area contributed by atoms with Gasteiger partial charge in [0.25, 0.3) is 0 Å². The Bertz CT molecular complexity index is 803. The van der Waals surface area contributed by atoms with E-state index >= 15 is 0 Å². The molecule has 0 aliphatic heterocycles. The second-order valence-corrected chi connectivity index (χ2v) is 8.20. The van der Waals surface area contributed by atoms with Crippen molar-refractivity contribution in [3.63, 3.8) is 0 Å². The molecule has 1 heterocycles. The Kier molecular flexibility index (Phi) is 7.58. The van der Waals surface area contributed by atoms with Gasteiger partial charge in [-0.2, -0.15) is 0 Å². The van der Waals surface area contributed by atoms with Gasteiger partial charge in [-0.05, 0) is 36.8 Å². The molecule has 2 nitrogen and oxygen atoms in total. The molecular weight excluding hydrogens is 348 g/mol. The van der Waals surface area contributed by atoms with E-state index in [0.717, 1.165) is 27.6 Å². The van der Waals surface area contributed by atoms with E-state index in [-0.39, 0.29) is 0 Å². The van der Waals surface area contributed by atoms with E-state index in [0.29, 0.717) is 0 Å². The first-order valence-corrected chi connectivity index (χ1v) is 11.1. The van der Waals surface area contributed by atoms with Crippen molar-refractivity contribution in [2.75, 3.05) is 0 Å². The molecule has 0 saturated carbocycles. The zero-order chi connectivity index (χ0) is 18.9. The number of aromatic nitrogens is 2. The van der Waals surface area contributed by atoms with Crippen LogP contribution < -0.4 is 0 Å². The minimum Gasteiger partial charge on any atom is -0.138 e. The number of rotatable bonds is 10. The molecule has 3 heteroatoms. The summed E-state index contributed by atoms with van der Waals surface area (Å²) in [6.07, 6.45) is 10.1. The summed E-state index contributed by atoms with van der Waals surface area (Å²) in [4.78, 5) is 0. The van der Waals surface area contributed by atoms with Crippen LogP contribution in [0.1, 0.15) is 63.5 Å². The minimum absolute atomic E-state index is 0.996. The molecule has 1 aromatic heterocycles. The van der Waals surface area contributed by atoms with Crippen LogP contribution in [0.5, 0.6) is 0 Å². The normalized spacial score (nSPS) is 11.0. The van der Waals surface area contributed by atoms with Crippen molar-refractivity contribution in [1.82, 2.24) is 10.2 Å². The fraction of sp³-hybridized carbons (Fsp3) is 0.417. The molecule has 0 atom stereocenters. The van der Waals surface area contributed by atoms with E-state index in [9.17, 15) is 0 Å². The molecule has 0 amide bonds. The predicted molar refractivity (Wildman–Crippen MR) is 117 cm³/mol. The van der Waals surface area contributed by atoms with Crippen LogP contribution in [0.15, 0.2) is 48.5 Å². The monoisotopic (exact) mass is 378 g/mol. The van der Waals surface area contributed by atoms with Crippen LogP contribution in [0.2, 0.25) is 0 Å². The Hall–Kier alpha value is -2.00. The van der Waals surface area contributed by atoms with Gasteiger partial charge in [-0.1, -0.05) is 99.4 Å². The second-order valence-electron chi connectivity index (χ2n) is 7.22. The fourth-order valence-electron chi connectivity index (χ4n) is 3.22. The summed E-state index contributed by atoms with van der Waals surface area (Å²) in [6.45, 7) is 4.49. The average Bonchev–Trinajstić information content (AvgIpc) is 3.21. The first kappa shape index (κ1) is 19.8. The van der Waals surface area contributed by atoms with E-state index in [1.54, 1.807) is 11.3 Å². The molecule has 27 heavy (non-hydrogen) atoms. The first-order chi connectivity index (χ1) is 13.3. The number of unbranched alkanes of at least 4 members (excludes halogenated alkanes) is 4. The molecule has 0 aliphatic carbocycles. The minimum atomic E-state index is 0.996. The molecule has 0 bridgehead atoms. The van der Waals surface area contributed by atoms with Crippen LogP contribution in [-0.4, -0.2) is 10.2 Å². The number of nitrogens with zero attached hydrogens (tertiary/aromatic N) is 2. The van der Waals surface area contributed by atoms with E-state index in [1.807, 2.05) is 0 Å². The Morgan fingerprint density at radius 2 is 1.07 bits per heavy atom. The molecule has 0 fully saturated rings. The number of aryl methyl sites for hydroxylation is 2. The third kappa shape index (κ3) is 5.74. The van der Waals surface area contributed by atoms with Gasteiger partial charge in [0.15, 0.2) is 0 Å². The number of hydrogen-bond acceptors (Lipinski definition) is 3. The van der Waals surface area contributed by atoms with Crippen LogP contribution >= 0.6 is 11.3 Å². The Morgan fingerprint density at radius 3 is 1.56 bits per heavy atom. The molecule has 0 saturated heterocycles. The van der Waals surface area contributed by atoms with Crippen LogP contribution in [0, 0.1) is 0 Å². The molecule has 142 valence electrons. The molecule has 0 spiro atoms. The van der Waals surface area contributed by atoms with Crippen molar-refractivity contribution in [2.24, 2.45) is 0 Å². The lowest BCUT2D eigenvalue weighted by Gasteiger charge is -2.02. The summed E-state index contributed by atoms with van der Waals surface area (Å²) in [7, 11) is 0. The lowest BCUT2D eigenvalue weighted by Crippen LogP contribution is -1.86. The predicted octanol–water partition coefficient (Wildman–Crippen LogP) is 7.34. The fourth-order valence-corrected chi connectivity index (χ4v) is 4.08. The highest BCUT2D eigenvalue weighted by Crippen LogP contribution is 2.30. The Balaban J connectivity index is 1.63. The topological polar surface area (TPSA) is 25.8 Å². The van der Waals surface area contributed by atoms with Gasteiger partial charge < -0.3 is 0 Å². The van der Waals surface area contributed by atoms with E-state index < -0.39 is 0 Å². The van der Waals surface area contributed by atoms with Crippen LogP contribution in [0.25, 0.3) is 21.1 Å². The third-order valence-electron chi connectivity index (χ3n) is 4.96. The number of hydrogen-bond donors (Lipinski definition) is 0. The smallest absolute Gasteiger partial charge is 0.138 e. The molecule has 0 unspecified atom stereocenters. The Labute approximate surface area is 167 Å². The zero-order valence-electron chi connectivity index (χ0n) is 16.6. The maximum Gasteiger partial charge on any atom is 0.148 e. The molecule has 3 rings (SSSR count). The van der Waals surface area contributed by atoms with Gasteiger partial charge in [0.2, 0.25) is 0 Å². The molecule has 2 aromatic carbocycles. The quantitative estimate of drug-likeness (QED) is 0.345. The highest BCUT2D eigenvalue weighted by Gasteiger charge is 2.09. The van der Waals surface area contributed by atoms with Crippen molar-refractivity contribution in [3.05, 3.63) is 59.7 Å². The van der Waals surface area contributed by atoms with Gasteiger partial charge in [0.05, 0.1) is 0 Å². The van der Waals surface area contributed by atoms with E-state index in [1.165, 1.54) is 56.1 Å². The molecular formula is C24H30N2S. The molecule has 0 aliphatic rings. The SMILES string of the molecule is CCCCCCc1ccc(-c2nnc(-c3ccc(CCCC)cc3)s2)cc1. The second kappa shape index (κ2) is 10.4. The zero-order valence-corrected chi connectivity index (χ0v) is 17.4. The van der Waals surface area contributed by atoms with Gasteiger partial charge in [-0.3, -0.25) is 0 Å². The van der Waals surface area contributed by atoms with Crippen molar-refractivity contribution in [2.45, 2.75) is 65.2 Å². The van der Waals surface area contributed by atoms with Crippen molar-refractivity contribution in [1.29, 1.82) is 0 Å². The van der Waals surface area contributed by atoms with E-state index in [2.05, 4.69) is 72.6 Å². The van der Waals surface area contributed by atoms with Crippen LogP contribution in [0.4, 0.5) is 0 Å². The van der Waals surface area contributed by atoms with Crippen molar-refractivity contribution in [3.8, 4) is 21.1 Å². The maximum absolute atomic E-state index is 4.42. The first-order valence-electron chi connectivity index (χ1n) is 10.3. The van der Waals surface area contributed by atoms with Gasteiger partial charge in [0.1, 0.15) is 10.0 Å². The summed E-state index contributed by atoms with van der Waals surface area (Å²) < 4.78 is 0. The van der Waals surface area contributed by atoms with Crippen molar-refractivity contribution < 1.29 is 0 Å². The maximum atomic E-state index is 4.42. The average molecular weight is 379 g/mol. The third-order valence-corrected chi connectivity index (χ3v) is 5.99. The lowest BCUT2D eigenvalue weighted by atomic mass is 10.0. The van der Waals surface area contributed by atoms with Gasteiger partial charge in [-0.15, -0.1) is 10.2 Å². The van der Waals surface area contributed by atoms with Gasteiger partial charge in [0, 0.05) is 11.1 Å². The summed E-state index contributed by atoms with van der Waals surface area (Å²) in [5.41, 5.74) is 5.14. The molecule has 0 radical (unpaired) electrons. The van der Waals surface area contributed by atoms with E-state index in [4.69, 9.17) is 0 Å². The summed E-state index contributed by atoms with van der Waals surface area (Å²) in [5.74, 6) is 0.